The van der Waals surface area contributed by atoms with Crippen LogP contribution in [0.3, 0.4) is 0 Å². The van der Waals surface area contributed by atoms with Gasteiger partial charge in [-0.1, -0.05) is 5.16 Å². The van der Waals surface area contributed by atoms with E-state index in [1.807, 2.05) is 6.92 Å². The Kier molecular flexibility index (Phi) is 3.78. The first kappa shape index (κ1) is 12.1. The molecule has 0 aromatic carbocycles. The summed E-state index contributed by atoms with van der Waals surface area (Å²) >= 11 is 5.80. The topological polar surface area (TPSA) is 87.3 Å². The number of hydrogen-bond acceptors (Lipinski definition) is 6. The van der Waals surface area contributed by atoms with Crippen LogP contribution in [0.25, 0.3) is 11.5 Å². The minimum absolute atomic E-state index is 0.207. The van der Waals surface area contributed by atoms with E-state index in [-0.39, 0.29) is 11.1 Å². The van der Waals surface area contributed by atoms with Crippen molar-refractivity contribution in [2.45, 2.75) is 13.0 Å². The highest BCUT2D eigenvalue weighted by molar-refractivity contribution is 6.31. The Bertz CT molecular complexity index is 483. The molecule has 92 valence electrons. The fourth-order valence-corrected chi connectivity index (χ4v) is 1.46. The zero-order valence-corrected chi connectivity index (χ0v) is 9.98. The number of ether oxygens (including phenoxy) is 1. The third kappa shape index (κ3) is 2.66. The van der Waals surface area contributed by atoms with Gasteiger partial charge in [-0.25, -0.2) is 0 Å². The van der Waals surface area contributed by atoms with E-state index in [1.54, 1.807) is 6.07 Å². The van der Waals surface area contributed by atoms with Crippen LogP contribution < -0.4 is 5.73 Å². The molecule has 0 amide bonds. The maximum absolute atomic E-state index is 5.82. The Labute approximate surface area is 103 Å². The van der Waals surface area contributed by atoms with Crippen LogP contribution in [0.15, 0.2) is 21.3 Å². The average Bonchev–Trinajstić information content (AvgIpc) is 2.93. The normalized spacial score (nSPS) is 12.9. The highest BCUT2D eigenvalue weighted by Crippen LogP contribution is 2.27. The second kappa shape index (κ2) is 5.31. The first-order chi connectivity index (χ1) is 8.22. The molecule has 0 saturated carbocycles. The van der Waals surface area contributed by atoms with Crippen LogP contribution in [-0.4, -0.2) is 23.4 Å². The second-order valence-corrected chi connectivity index (χ2v) is 3.67. The summed E-state index contributed by atoms with van der Waals surface area (Å²) in [6.07, 6.45) is 1.45. The zero-order chi connectivity index (χ0) is 12.3. The van der Waals surface area contributed by atoms with Crippen molar-refractivity contribution in [1.29, 1.82) is 0 Å². The third-order valence-corrected chi connectivity index (χ3v) is 2.42. The number of furan rings is 1. The number of nitrogens with zero attached hydrogens (tertiary/aromatic N) is 2. The molecule has 2 rings (SSSR count). The molecule has 17 heavy (non-hydrogen) atoms. The average molecular weight is 258 g/mol. The smallest absolute Gasteiger partial charge is 0.262 e. The van der Waals surface area contributed by atoms with Crippen molar-refractivity contribution >= 4 is 11.6 Å². The molecule has 0 fully saturated rings. The fourth-order valence-electron chi connectivity index (χ4n) is 1.26. The minimum atomic E-state index is -0.418. The van der Waals surface area contributed by atoms with E-state index < -0.39 is 6.04 Å². The van der Waals surface area contributed by atoms with Crippen LogP contribution in [0, 0.1) is 0 Å². The molecule has 1 atom stereocenters. The van der Waals surface area contributed by atoms with E-state index in [0.29, 0.717) is 24.6 Å². The number of aromatic nitrogens is 2. The van der Waals surface area contributed by atoms with Crippen molar-refractivity contribution in [3.05, 3.63) is 23.4 Å². The van der Waals surface area contributed by atoms with Crippen LogP contribution in [0.4, 0.5) is 0 Å². The van der Waals surface area contributed by atoms with Gasteiger partial charge in [0.05, 0.1) is 24.5 Å². The molecule has 2 N–H and O–H groups in total. The molecule has 0 radical (unpaired) electrons. The van der Waals surface area contributed by atoms with Gasteiger partial charge >= 0.3 is 0 Å². The number of rotatable bonds is 5. The summed E-state index contributed by atoms with van der Waals surface area (Å²) in [6, 6.07) is 1.23. The summed E-state index contributed by atoms with van der Waals surface area (Å²) in [7, 11) is 0. The van der Waals surface area contributed by atoms with Crippen LogP contribution in [0.2, 0.25) is 5.22 Å². The predicted molar refractivity (Wildman–Crippen MR) is 60.4 cm³/mol. The summed E-state index contributed by atoms with van der Waals surface area (Å²) in [4.78, 5) is 4.14. The van der Waals surface area contributed by atoms with Crippen molar-refractivity contribution in [2.75, 3.05) is 13.2 Å². The lowest BCUT2D eigenvalue weighted by Gasteiger charge is -2.05. The molecule has 0 aliphatic carbocycles. The molecule has 1 unspecified atom stereocenters. The molecule has 0 spiro atoms. The first-order valence-electron chi connectivity index (χ1n) is 5.12. The van der Waals surface area contributed by atoms with Gasteiger partial charge in [-0.15, -0.1) is 0 Å². The van der Waals surface area contributed by atoms with E-state index in [2.05, 4.69) is 10.1 Å². The highest BCUT2D eigenvalue weighted by Gasteiger charge is 2.18. The highest BCUT2D eigenvalue weighted by atomic mass is 35.5. The maximum Gasteiger partial charge on any atom is 0.262 e. The van der Waals surface area contributed by atoms with Crippen molar-refractivity contribution < 1.29 is 13.7 Å². The summed E-state index contributed by atoms with van der Waals surface area (Å²) in [5.41, 5.74) is 6.37. The molecule has 2 heterocycles. The lowest BCUT2D eigenvalue weighted by atomic mass is 10.3. The first-order valence-corrected chi connectivity index (χ1v) is 5.50. The van der Waals surface area contributed by atoms with E-state index in [9.17, 15) is 0 Å². The molecule has 0 saturated heterocycles. The van der Waals surface area contributed by atoms with Crippen LogP contribution in [-0.2, 0) is 4.74 Å². The summed E-state index contributed by atoms with van der Waals surface area (Å²) in [5, 5.41) is 3.98. The van der Waals surface area contributed by atoms with Crippen LogP contribution in [0.5, 0.6) is 0 Å². The molecule has 2 aromatic rings. The predicted octanol–water partition coefficient (Wildman–Crippen LogP) is 2.02. The third-order valence-electron chi connectivity index (χ3n) is 2.12. The molecule has 0 aliphatic rings. The van der Waals surface area contributed by atoms with E-state index in [0.717, 1.165) is 0 Å². The molecule has 6 nitrogen and oxygen atoms in total. The monoisotopic (exact) mass is 257 g/mol. The molecule has 0 aliphatic heterocycles. The minimum Gasteiger partial charge on any atom is -0.452 e. The fraction of sp³-hybridized carbons (Fsp3) is 0.400. The molecule has 0 bridgehead atoms. The van der Waals surface area contributed by atoms with Crippen molar-refractivity contribution in [2.24, 2.45) is 5.73 Å². The molecule has 7 heteroatoms. The van der Waals surface area contributed by atoms with Crippen molar-refractivity contribution in [3.63, 3.8) is 0 Å². The second-order valence-electron chi connectivity index (χ2n) is 3.33. The van der Waals surface area contributed by atoms with Crippen LogP contribution >= 0.6 is 11.6 Å². The van der Waals surface area contributed by atoms with Gasteiger partial charge in [-0.3, -0.25) is 0 Å². The van der Waals surface area contributed by atoms with Gasteiger partial charge in [-0.2, -0.15) is 4.98 Å². The SMILES string of the molecule is CCOCC(N)c1noc(-c2ccoc2Cl)n1. The Morgan fingerprint density at radius 2 is 2.41 bits per heavy atom. The summed E-state index contributed by atoms with van der Waals surface area (Å²) in [6.45, 7) is 2.82. The van der Waals surface area contributed by atoms with Crippen molar-refractivity contribution in [3.8, 4) is 11.5 Å². The van der Waals surface area contributed by atoms with Gasteiger partial charge < -0.3 is 19.4 Å². The Morgan fingerprint density at radius 1 is 1.59 bits per heavy atom. The lowest BCUT2D eigenvalue weighted by molar-refractivity contribution is 0.130. The maximum atomic E-state index is 5.82. The Morgan fingerprint density at radius 3 is 3.06 bits per heavy atom. The van der Waals surface area contributed by atoms with Crippen LogP contribution in [0.1, 0.15) is 18.8 Å². The summed E-state index contributed by atoms with van der Waals surface area (Å²) in [5.74, 6) is 0.663. The van der Waals surface area contributed by atoms with E-state index >= 15 is 0 Å². The lowest BCUT2D eigenvalue weighted by Crippen LogP contribution is -2.18. The Hall–Kier alpha value is -1.37. The Balaban J connectivity index is 2.13. The number of hydrogen-bond donors (Lipinski definition) is 1. The number of halogens is 1. The number of nitrogens with two attached hydrogens (primary N) is 1. The molecular weight excluding hydrogens is 246 g/mol. The van der Waals surface area contributed by atoms with Gasteiger partial charge in [0.25, 0.3) is 5.89 Å². The quantitative estimate of drug-likeness (QED) is 0.882. The molecule has 2 aromatic heterocycles. The van der Waals surface area contributed by atoms with Gasteiger partial charge in [0.15, 0.2) is 5.82 Å². The van der Waals surface area contributed by atoms with E-state index in [4.69, 9.17) is 31.0 Å². The van der Waals surface area contributed by atoms with Gasteiger partial charge in [0, 0.05) is 6.61 Å². The van der Waals surface area contributed by atoms with E-state index in [1.165, 1.54) is 6.26 Å². The van der Waals surface area contributed by atoms with Gasteiger partial charge in [-0.05, 0) is 24.6 Å². The van der Waals surface area contributed by atoms with Crippen molar-refractivity contribution in [1.82, 2.24) is 10.1 Å². The largest absolute Gasteiger partial charge is 0.452 e. The molecular formula is C10H12ClN3O3. The van der Waals surface area contributed by atoms with Gasteiger partial charge in [0.2, 0.25) is 5.22 Å². The summed E-state index contributed by atoms with van der Waals surface area (Å²) < 4.78 is 15.2. The van der Waals surface area contributed by atoms with Gasteiger partial charge in [0.1, 0.15) is 0 Å². The standard InChI is InChI=1S/C10H12ClN3O3/c1-2-15-5-7(12)9-13-10(17-14-9)6-3-4-16-8(6)11/h3-4,7H,2,5,12H2,1H3. The zero-order valence-electron chi connectivity index (χ0n) is 9.22.